The highest BCUT2D eigenvalue weighted by atomic mass is 16.5. The molecule has 92 valence electrons. The van der Waals surface area contributed by atoms with Gasteiger partial charge in [-0.1, -0.05) is 18.2 Å². The first-order valence-corrected chi connectivity index (χ1v) is 5.49. The van der Waals surface area contributed by atoms with Crippen molar-refractivity contribution in [2.75, 3.05) is 13.2 Å². The molecule has 1 atom stereocenters. The van der Waals surface area contributed by atoms with Crippen LogP contribution in [0, 0.1) is 0 Å². The fraction of sp³-hybridized carbons (Fsp3) is 0.308. The monoisotopic (exact) mass is 234 g/mol. The first-order valence-electron chi connectivity index (χ1n) is 5.49. The summed E-state index contributed by atoms with van der Waals surface area (Å²) < 4.78 is 5.31. The molecule has 0 unspecified atom stereocenters. The molecule has 4 nitrogen and oxygen atoms in total. The SMILES string of the molecule is C=CCNC(=O)COc1ccc([C@@H](C)N)cc1. The van der Waals surface area contributed by atoms with Crippen molar-refractivity contribution in [2.45, 2.75) is 13.0 Å². The lowest BCUT2D eigenvalue weighted by atomic mass is 10.1. The fourth-order valence-electron chi connectivity index (χ4n) is 1.25. The molecule has 3 N–H and O–H groups in total. The molecule has 1 amide bonds. The Labute approximate surface area is 101 Å². The maximum Gasteiger partial charge on any atom is 0.258 e. The van der Waals surface area contributed by atoms with Crippen LogP contribution in [0.3, 0.4) is 0 Å². The Morgan fingerprint density at radius 3 is 2.71 bits per heavy atom. The van der Waals surface area contributed by atoms with E-state index in [1.54, 1.807) is 18.2 Å². The molecule has 0 heterocycles. The Bertz CT molecular complexity index is 372. The minimum absolute atomic E-state index is 0.0000555. The smallest absolute Gasteiger partial charge is 0.258 e. The summed E-state index contributed by atoms with van der Waals surface area (Å²) in [4.78, 5) is 11.2. The molecule has 0 saturated carbocycles. The zero-order valence-corrected chi connectivity index (χ0v) is 9.98. The van der Waals surface area contributed by atoms with Gasteiger partial charge in [-0.2, -0.15) is 0 Å². The zero-order chi connectivity index (χ0) is 12.7. The molecule has 0 aromatic heterocycles. The topological polar surface area (TPSA) is 64.3 Å². The molecule has 1 rings (SSSR count). The standard InChI is InChI=1S/C13H18N2O2/c1-3-8-15-13(16)9-17-12-6-4-11(5-7-12)10(2)14/h3-7,10H,1,8-9,14H2,2H3,(H,15,16)/t10-/m1/s1. The van der Waals surface area contributed by atoms with E-state index in [1.165, 1.54) is 0 Å². The molecular formula is C13H18N2O2. The van der Waals surface area contributed by atoms with Gasteiger partial charge in [0.2, 0.25) is 0 Å². The minimum atomic E-state index is -0.166. The van der Waals surface area contributed by atoms with E-state index in [1.807, 2.05) is 19.1 Å². The van der Waals surface area contributed by atoms with Crippen molar-refractivity contribution in [2.24, 2.45) is 5.73 Å². The number of hydrogen-bond acceptors (Lipinski definition) is 3. The van der Waals surface area contributed by atoms with Gasteiger partial charge in [0.05, 0.1) is 0 Å². The molecule has 0 aliphatic heterocycles. The van der Waals surface area contributed by atoms with Crippen LogP contribution in [0.15, 0.2) is 36.9 Å². The molecule has 0 bridgehead atoms. The van der Waals surface area contributed by atoms with Gasteiger partial charge in [-0.3, -0.25) is 4.79 Å². The number of amides is 1. The normalized spacial score (nSPS) is 11.6. The summed E-state index contributed by atoms with van der Waals surface area (Å²) in [6, 6.07) is 7.39. The van der Waals surface area contributed by atoms with Gasteiger partial charge >= 0.3 is 0 Å². The maximum atomic E-state index is 11.2. The average molecular weight is 234 g/mol. The van der Waals surface area contributed by atoms with E-state index >= 15 is 0 Å². The first-order chi connectivity index (χ1) is 8.13. The Balaban J connectivity index is 2.41. The van der Waals surface area contributed by atoms with E-state index in [9.17, 15) is 4.79 Å². The lowest BCUT2D eigenvalue weighted by molar-refractivity contribution is -0.122. The first kappa shape index (κ1) is 13.3. The summed E-state index contributed by atoms with van der Waals surface area (Å²) in [5, 5.41) is 2.63. The van der Waals surface area contributed by atoms with Crippen molar-refractivity contribution in [3.8, 4) is 5.75 Å². The van der Waals surface area contributed by atoms with E-state index in [0.29, 0.717) is 12.3 Å². The maximum absolute atomic E-state index is 11.2. The number of hydrogen-bond donors (Lipinski definition) is 2. The molecule has 0 aliphatic rings. The second-order valence-electron chi connectivity index (χ2n) is 3.74. The predicted molar refractivity (Wildman–Crippen MR) is 67.7 cm³/mol. The van der Waals surface area contributed by atoms with Crippen LogP contribution in [0.25, 0.3) is 0 Å². The lowest BCUT2D eigenvalue weighted by Gasteiger charge is -2.08. The molecule has 1 aromatic carbocycles. The predicted octanol–water partition coefficient (Wildman–Crippen LogP) is 1.39. The number of carbonyl (C=O) groups excluding carboxylic acids is 1. The van der Waals surface area contributed by atoms with Crippen LogP contribution in [-0.2, 0) is 4.79 Å². The zero-order valence-electron chi connectivity index (χ0n) is 9.98. The number of nitrogens with one attached hydrogen (secondary N) is 1. The van der Waals surface area contributed by atoms with Crippen molar-refractivity contribution < 1.29 is 9.53 Å². The third-order valence-corrected chi connectivity index (χ3v) is 2.22. The number of rotatable bonds is 6. The van der Waals surface area contributed by atoms with Gasteiger partial charge in [0.25, 0.3) is 5.91 Å². The van der Waals surface area contributed by atoms with Gasteiger partial charge in [-0.25, -0.2) is 0 Å². The van der Waals surface area contributed by atoms with E-state index in [4.69, 9.17) is 10.5 Å². The van der Waals surface area contributed by atoms with Gasteiger partial charge < -0.3 is 15.8 Å². The summed E-state index contributed by atoms with van der Waals surface area (Å²) in [5.41, 5.74) is 6.76. The number of nitrogens with two attached hydrogens (primary N) is 1. The molecule has 0 saturated heterocycles. The number of benzene rings is 1. The molecule has 0 fully saturated rings. The second-order valence-corrected chi connectivity index (χ2v) is 3.74. The highest BCUT2D eigenvalue weighted by Gasteiger charge is 2.02. The molecule has 17 heavy (non-hydrogen) atoms. The highest BCUT2D eigenvalue weighted by molar-refractivity contribution is 5.77. The van der Waals surface area contributed by atoms with E-state index in [0.717, 1.165) is 5.56 Å². The molecule has 0 aliphatic carbocycles. The summed E-state index contributed by atoms with van der Waals surface area (Å²) in [7, 11) is 0. The van der Waals surface area contributed by atoms with Crippen LogP contribution in [0.4, 0.5) is 0 Å². The van der Waals surface area contributed by atoms with Gasteiger partial charge in [-0.15, -0.1) is 6.58 Å². The van der Waals surface area contributed by atoms with E-state index in [2.05, 4.69) is 11.9 Å². The molecule has 0 radical (unpaired) electrons. The fourth-order valence-corrected chi connectivity index (χ4v) is 1.25. The van der Waals surface area contributed by atoms with Gasteiger partial charge in [0.1, 0.15) is 5.75 Å². The van der Waals surface area contributed by atoms with Crippen molar-refractivity contribution in [1.82, 2.24) is 5.32 Å². The summed E-state index contributed by atoms with van der Waals surface area (Å²) in [6.45, 7) is 5.88. The van der Waals surface area contributed by atoms with Crippen molar-refractivity contribution >= 4 is 5.91 Å². The van der Waals surface area contributed by atoms with Crippen LogP contribution in [0.1, 0.15) is 18.5 Å². The Kier molecular flexibility index (Phi) is 5.23. The quantitative estimate of drug-likeness (QED) is 0.731. The van der Waals surface area contributed by atoms with Crippen LogP contribution in [-0.4, -0.2) is 19.1 Å². The van der Waals surface area contributed by atoms with Gasteiger partial charge in [-0.05, 0) is 24.6 Å². The summed E-state index contributed by atoms with van der Waals surface area (Å²) in [5.74, 6) is 0.490. The average Bonchev–Trinajstić information content (AvgIpc) is 2.34. The van der Waals surface area contributed by atoms with Crippen LogP contribution < -0.4 is 15.8 Å². The third-order valence-electron chi connectivity index (χ3n) is 2.22. The number of carbonyl (C=O) groups is 1. The Morgan fingerprint density at radius 2 is 2.18 bits per heavy atom. The van der Waals surface area contributed by atoms with Crippen LogP contribution in [0.2, 0.25) is 0 Å². The van der Waals surface area contributed by atoms with Crippen LogP contribution >= 0.6 is 0 Å². The largest absolute Gasteiger partial charge is 0.484 e. The van der Waals surface area contributed by atoms with Gasteiger partial charge in [0, 0.05) is 12.6 Å². The molecule has 1 aromatic rings. The Hall–Kier alpha value is -1.81. The third kappa shape index (κ3) is 4.70. The Morgan fingerprint density at radius 1 is 1.53 bits per heavy atom. The van der Waals surface area contributed by atoms with Crippen LogP contribution in [0.5, 0.6) is 5.75 Å². The van der Waals surface area contributed by atoms with Crippen molar-refractivity contribution in [1.29, 1.82) is 0 Å². The van der Waals surface area contributed by atoms with Gasteiger partial charge in [0.15, 0.2) is 6.61 Å². The molecular weight excluding hydrogens is 216 g/mol. The minimum Gasteiger partial charge on any atom is -0.484 e. The molecule has 0 spiro atoms. The van der Waals surface area contributed by atoms with Crippen molar-refractivity contribution in [3.63, 3.8) is 0 Å². The number of ether oxygens (including phenoxy) is 1. The lowest BCUT2D eigenvalue weighted by Crippen LogP contribution is -2.28. The highest BCUT2D eigenvalue weighted by Crippen LogP contribution is 2.15. The summed E-state index contributed by atoms with van der Waals surface area (Å²) >= 11 is 0. The second kappa shape index (κ2) is 6.70. The van der Waals surface area contributed by atoms with E-state index < -0.39 is 0 Å². The van der Waals surface area contributed by atoms with Crippen molar-refractivity contribution in [3.05, 3.63) is 42.5 Å². The molecule has 4 heteroatoms. The summed E-state index contributed by atoms with van der Waals surface area (Å²) in [6.07, 6.45) is 1.62. The van der Waals surface area contributed by atoms with E-state index in [-0.39, 0.29) is 18.6 Å².